The summed E-state index contributed by atoms with van der Waals surface area (Å²) >= 11 is 12.6. The van der Waals surface area contributed by atoms with Crippen molar-refractivity contribution in [1.29, 1.82) is 0 Å². The maximum Gasteiger partial charge on any atom is 0.407 e. The molecule has 2 amide bonds. The standard InChI is InChI=1S/C34H42Cl2N6O4/c1-38-15-17-39(18-16-38)25-9-12-40(13-10-25)32(43)27(19-23-7-8-28(35)29(36)20-23)31-21-26(11-14-41(31)34(45)46)42-22-30(37-33(42)44)24-5-3-2-4-6-24/h2-8,20,22,25-27,31H,9-19,21H2,1H3,(H,37,44)(H,45,46)/t26?,27?,31-/m1/s1. The molecule has 46 heavy (non-hydrogen) atoms. The number of hydrogen-bond acceptors (Lipinski definition) is 5. The molecule has 3 aliphatic rings. The first-order valence-electron chi connectivity index (χ1n) is 16.2. The largest absolute Gasteiger partial charge is 0.465 e. The molecule has 3 fully saturated rings. The summed E-state index contributed by atoms with van der Waals surface area (Å²) < 4.78 is 1.68. The zero-order chi connectivity index (χ0) is 32.4. The number of carboxylic acid groups (broad SMARTS) is 1. The number of piperazine rings is 1. The van der Waals surface area contributed by atoms with Crippen molar-refractivity contribution >= 4 is 35.2 Å². The molecule has 2 N–H and O–H groups in total. The number of piperidine rings is 2. The molecule has 2 aromatic carbocycles. The Kier molecular flexibility index (Phi) is 10.1. The molecule has 0 saturated carbocycles. The molecule has 246 valence electrons. The zero-order valence-electron chi connectivity index (χ0n) is 26.2. The normalized spacial score (nSPS) is 22.6. The number of rotatable bonds is 7. The Morgan fingerprint density at radius 2 is 1.61 bits per heavy atom. The number of likely N-dealkylation sites (tertiary alicyclic amines) is 2. The third-order valence-electron chi connectivity index (χ3n) is 10.1. The van der Waals surface area contributed by atoms with Gasteiger partial charge in [-0.3, -0.25) is 14.3 Å². The number of nitrogens with zero attached hydrogens (tertiary/aromatic N) is 5. The molecular weight excluding hydrogens is 627 g/mol. The number of likely N-dealkylation sites (N-methyl/N-ethyl adjacent to an activating group) is 1. The smallest absolute Gasteiger partial charge is 0.407 e. The van der Waals surface area contributed by atoms with Crippen LogP contribution in [-0.4, -0.2) is 111 Å². The molecule has 3 aromatic rings. The SMILES string of the molecule is CN1CCN(C2CCN(C(=O)C(Cc3ccc(Cl)c(Cl)c3)[C@H]3CC(n4cc(-c5ccccc5)[nH]c4=O)CCN3C(=O)O)CC2)CC1. The van der Waals surface area contributed by atoms with Gasteiger partial charge in [0.1, 0.15) is 0 Å². The quantitative estimate of drug-likeness (QED) is 0.370. The predicted octanol–water partition coefficient (Wildman–Crippen LogP) is 4.93. The van der Waals surface area contributed by atoms with Crippen molar-refractivity contribution in [2.75, 3.05) is 52.9 Å². The van der Waals surface area contributed by atoms with Gasteiger partial charge in [0.15, 0.2) is 0 Å². The van der Waals surface area contributed by atoms with E-state index in [2.05, 4.69) is 21.8 Å². The third-order valence-corrected chi connectivity index (χ3v) is 10.9. The topological polar surface area (TPSA) is 105 Å². The number of aromatic amines is 1. The van der Waals surface area contributed by atoms with Gasteiger partial charge in [-0.25, -0.2) is 9.59 Å². The van der Waals surface area contributed by atoms with E-state index in [1.807, 2.05) is 47.5 Å². The van der Waals surface area contributed by atoms with E-state index >= 15 is 0 Å². The summed E-state index contributed by atoms with van der Waals surface area (Å²) in [5.74, 6) is -0.703. The molecule has 2 unspecified atom stereocenters. The maximum absolute atomic E-state index is 14.5. The molecule has 1 aromatic heterocycles. The maximum atomic E-state index is 14.5. The summed E-state index contributed by atoms with van der Waals surface area (Å²) in [7, 11) is 2.15. The summed E-state index contributed by atoms with van der Waals surface area (Å²) in [6.45, 7) is 5.67. The fourth-order valence-corrected chi connectivity index (χ4v) is 7.80. The second-order valence-corrected chi connectivity index (χ2v) is 13.7. The molecule has 6 rings (SSSR count). The van der Waals surface area contributed by atoms with Crippen molar-refractivity contribution in [3.8, 4) is 11.3 Å². The van der Waals surface area contributed by atoms with Crippen LogP contribution < -0.4 is 5.69 Å². The summed E-state index contributed by atoms with van der Waals surface area (Å²) in [4.78, 5) is 51.5. The van der Waals surface area contributed by atoms with Gasteiger partial charge in [-0.1, -0.05) is 59.6 Å². The van der Waals surface area contributed by atoms with Crippen LogP contribution in [0.3, 0.4) is 0 Å². The van der Waals surface area contributed by atoms with E-state index in [0.29, 0.717) is 54.1 Å². The minimum Gasteiger partial charge on any atom is -0.465 e. The van der Waals surface area contributed by atoms with Crippen molar-refractivity contribution in [3.05, 3.63) is 80.8 Å². The highest BCUT2D eigenvalue weighted by atomic mass is 35.5. The predicted molar refractivity (Wildman–Crippen MR) is 180 cm³/mol. The van der Waals surface area contributed by atoms with E-state index in [4.69, 9.17) is 23.2 Å². The van der Waals surface area contributed by atoms with E-state index < -0.39 is 18.1 Å². The average Bonchev–Trinajstić information content (AvgIpc) is 3.47. The number of imidazole rings is 1. The van der Waals surface area contributed by atoms with Gasteiger partial charge >= 0.3 is 11.8 Å². The monoisotopic (exact) mass is 668 g/mol. The van der Waals surface area contributed by atoms with Gasteiger partial charge in [-0.05, 0) is 62.4 Å². The summed E-state index contributed by atoms with van der Waals surface area (Å²) in [6, 6.07) is 14.5. The number of H-pyrrole nitrogens is 1. The number of benzene rings is 2. The average molecular weight is 670 g/mol. The molecular formula is C34H42Cl2N6O4. The molecule has 4 heterocycles. The van der Waals surface area contributed by atoms with E-state index in [0.717, 1.165) is 50.1 Å². The molecule has 0 aliphatic carbocycles. The van der Waals surface area contributed by atoms with Crippen LogP contribution in [0.4, 0.5) is 4.79 Å². The van der Waals surface area contributed by atoms with Gasteiger partial charge < -0.3 is 24.8 Å². The van der Waals surface area contributed by atoms with Crippen molar-refractivity contribution in [3.63, 3.8) is 0 Å². The number of nitrogens with one attached hydrogen (secondary N) is 1. The van der Waals surface area contributed by atoms with Gasteiger partial charge in [0.05, 0.1) is 21.7 Å². The summed E-state index contributed by atoms with van der Waals surface area (Å²) in [5, 5.41) is 11.1. The molecule has 10 nitrogen and oxygen atoms in total. The van der Waals surface area contributed by atoms with Gasteiger partial charge in [-0.2, -0.15) is 0 Å². The van der Waals surface area contributed by atoms with Crippen LogP contribution in [0.15, 0.2) is 59.5 Å². The van der Waals surface area contributed by atoms with Crippen molar-refractivity contribution < 1.29 is 14.7 Å². The Morgan fingerprint density at radius 3 is 2.28 bits per heavy atom. The second kappa shape index (κ2) is 14.2. The molecule has 12 heteroatoms. The van der Waals surface area contributed by atoms with Crippen LogP contribution in [0.1, 0.15) is 37.3 Å². The molecule has 3 atom stereocenters. The van der Waals surface area contributed by atoms with E-state index in [9.17, 15) is 19.5 Å². The van der Waals surface area contributed by atoms with Crippen molar-refractivity contribution in [1.82, 2.24) is 29.2 Å². The number of carbonyl (C=O) groups excluding carboxylic acids is 1. The van der Waals surface area contributed by atoms with Gasteiger partial charge in [0, 0.05) is 70.1 Å². The lowest BCUT2D eigenvalue weighted by molar-refractivity contribution is -0.140. The highest BCUT2D eigenvalue weighted by molar-refractivity contribution is 6.42. The van der Waals surface area contributed by atoms with Crippen LogP contribution in [0.2, 0.25) is 10.0 Å². The number of hydrogen-bond donors (Lipinski definition) is 2. The van der Waals surface area contributed by atoms with E-state index in [-0.39, 0.29) is 24.2 Å². The molecule has 3 aliphatic heterocycles. The molecule has 0 radical (unpaired) electrons. The van der Waals surface area contributed by atoms with Crippen LogP contribution in [0, 0.1) is 5.92 Å². The lowest BCUT2D eigenvalue weighted by Crippen LogP contribution is -2.57. The minimum absolute atomic E-state index is 0.0498. The Morgan fingerprint density at radius 1 is 0.913 bits per heavy atom. The Hall–Kier alpha value is -3.31. The summed E-state index contributed by atoms with van der Waals surface area (Å²) in [6.07, 6.45) is 3.67. The first-order valence-corrected chi connectivity index (χ1v) is 16.9. The first-order chi connectivity index (χ1) is 22.2. The lowest BCUT2D eigenvalue weighted by Gasteiger charge is -2.45. The van der Waals surface area contributed by atoms with Crippen LogP contribution >= 0.6 is 23.2 Å². The van der Waals surface area contributed by atoms with E-state index in [1.165, 1.54) is 4.90 Å². The Labute approximate surface area is 279 Å². The second-order valence-electron chi connectivity index (χ2n) is 12.9. The van der Waals surface area contributed by atoms with Crippen LogP contribution in [0.25, 0.3) is 11.3 Å². The molecule has 0 bridgehead atoms. The fraction of sp³-hybridized carbons (Fsp3) is 0.500. The number of carbonyl (C=O) groups is 2. The summed E-state index contributed by atoms with van der Waals surface area (Å²) in [5.41, 5.74) is 2.17. The minimum atomic E-state index is -1.06. The number of aromatic nitrogens is 2. The fourth-order valence-electron chi connectivity index (χ4n) is 7.48. The van der Waals surface area contributed by atoms with Crippen LogP contribution in [-0.2, 0) is 11.2 Å². The molecule has 0 spiro atoms. The van der Waals surface area contributed by atoms with Gasteiger partial charge in [0.25, 0.3) is 0 Å². The molecule has 3 saturated heterocycles. The zero-order valence-corrected chi connectivity index (χ0v) is 27.7. The Balaban J connectivity index is 1.26. The Bertz CT molecular complexity index is 1580. The highest BCUT2D eigenvalue weighted by Gasteiger charge is 2.43. The van der Waals surface area contributed by atoms with Gasteiger partial charge in [0.2, 0.25) is 5.91 Å². The van der Waals surface area contributed by atoms with Crippen molar-refractivity contribution in [2.45, 2.75) is 50.2 Å². The lowest BCUT2D eigenvalue weighted by atomic mass is 9.82. The van der Waals surface area contributed by atoms with Crippen molar-refractivity contribution in [2.24, 2.45) is 5.92 Å². The third kappa shape index (κ3) is 7.15. The number of amides is 2. The van der Waals surface area contributed by atoms with Crippen LogP contribution in [0.5, 0.6) is 0 Å². The van der Waals surface area contributed by atoms with Gasteiger partial charge in [-0.15, -0.1) is 0 Å². The van der Waals surface area contributed by atoms with E-state index in [1.54, 1.807) is 16.7 Å². The first kappa shape index (κ1) is 32.6. The highest BCUT2D eigenvalue weighted by Crippen LogP contribution is 2.35. The number of halogens is 2.